The van der Waals surface area contributed by atoms with E-state index in [1.54, 1.807) is 0 Å². The molecule has 1 atom stereocenters. The quantitative estimate of drug-likeness (QED) is 0.686. The van der Waals surface area contributed by atoms with E-state index in [4.69, 9.17) is 0 Å². The minimum Gasteiger partial charge on any atom is -0.354 e. The highest BCUT2D eigenvalue weighted by Gasteiger charge is 2.21. The lowest BCUT2D eigenvalue weighted by molar-refractivity contribution is 0.442. The summed E-state index contributed by atoms with van der Waals surface area (Å²) in [4.78, 5) is 6.79. The van der Waals surface area contributed by atoms with Crippen molar-refractivity contribution in [1.29, 1.82) is 0 Å². The van der Waals surface area contributed by atoms with Crippen LogP contribution in [0.25, 0.3) is 0 Å². The summed E-state index contributed by atoms with van der Waals surface area (Å²) in [5.74, 6) is 2.43. The molecule has 2 N–H and O–H groups in total. The maximum absolute atomic E-state index is 4.57. The van der Waals surface area contributed by atoms with Crippen LogP contribution in [0.2, 0.25) is 0 Å². The van der Waals surface area contributed by atoms with Crippen LogP contribution < -0.4 is 15.5 Å². The summed E-state index contributed by atoms with van der Waals surface area (Å²) in [5, 5.41) is 11.2. The lowest BCUT2D eigenvalue weighted by Crippen LogP contribution is -2.44. The number of nitrogens with one attached hydrogen (secondary N) is 2. The third-order valence-electron chi connectivity index (χ3n) is 3.15. The van der Waals surface area contributed by atoms with Crippen LogP contribution in [0.15, 0.2) is 0 Å². The van der Waals surface area contributed by atoms with Gasteiger partial charge in [-0.05, 0) is 5.92 Å². The van der Waals surface area contributed by atoms with Gasteiger partial charge in [-0.1, -0.05) is 6.92 Å². The van der Waals surface area contributed by atoms with Gasteiger partial charge in [0.2, 0.25) is 11.9 Å². The highest BCUT2D eigenvalue weighted by Crippen LogP contribution is 2.19. The van der Waals surface area contributed by atoms with Gasteiger partial charge in [-0.25, -0.2) is 4.68 Å². The first-order valence-corrected chi connectivity index (χ1v) is 5.97. The van der Waals surface area contributed by atoms with Gasteiger partial charge in [-0.2, -0.15) is 4.98 Å². The zero-order valence-corrected chi connectivity index (χ0v) is 9.61. The number of aromatic nitrogens is 3. The molecule has 2 aliphatic rings. The Morgan fingerprint density at radius 1 is 1.31 bits per heavy atom. The molecule has 0 bridgehead atoms. The van der Waals surface area contributed by atoms with Gasteiger partial charge in [0.15, 0.2) is 0 Å². The number of hydrogen-bond acceptors (Lipinski definition) is 5. The van der Waals surface area contributed by atoms with Crippen LogP contribution in [0, 0.1) is 5.92 Å². The molecule has 0 aliphatic carbocycles. The van der Waals surface area contributed by atoms with E-state index in [9.17, 15) is 0 Å². The molecular formula is C10H18N6. The fraction of sp³-hybridized carbons (Fsp3) is 0.800. The minimum absolute atomic E-state index is 0.630. The first kappa shape index (κ1) is 9.89. The molecule has 1 saturated heterocycles. The summed E-state index contributed by atoms with van der Waals surface area (Å²) in [7, 11) is 0. The van der Waals surface area contributed by atoms with Gasteiger partial charge < -0.3 is 15.5 Å². The van der Waals surface area contributed by atoms with Crippen molar-refractivity contribution in [2.24, 2.45) is 5.92 Å². The SMILES string of the molecule is CC1CNc2nc(N3CCNCC3)nn2C1. The maximum atomic E-state index is 4.57. The molecule has 1 aromatic rings. The predicted octanol–water partition coefficient (Wildman–Crippen LogP) is -0.251. The van der Waals surface area contributed by atoms with Crippen LogP contribution in [0.4, 0.5) is 11.9 Å². The second-order valence-corrected chi connectivity index (χ2v) is 4.64. The third kappa shape index (κ3) is 1.73. The molecular weight excluding hydrogens is 204 g/mol. The Bertz CT molecular complexity index is 367. The standard InChI is InChI=1S/C10H18N6/c1-8-6-12-9-13-10(14-16(9)7-8)15-4-2-11-3-5-15/h8,11H,2-7H2,1H3,(H,12,13,14). The molecule has 3 rings (SSSR count). The van der Waals surface area contributed by atoms with Crippen LogP contribution in [0.5, 0.6) is 0 Å². The summed E-state index contributed by atoms with van der Waals surface area (Å²) in [5.41, 5.74) is 0. The van der Waals surface area contributed by atoms with Crippen molar-refractivity contribution in [2.75, 3.05) is 42.9 Å². The number of rotatable bonds is 1. The topological polar surface area (TPSA) is 58.0 Å². The highest BCUT2D eigenvalue weighted by atomic mass is 15.5. The molecule has 3 heterocycles. The van der Waals surface area contributed by atoms with Crippen LogP contribution in [-0.2, 0) is 6.54 Å². The van der Waals surface area contributed by atoms with Gasteiger partial charge in [-0.15, -0.1) is 5.10 Å². The molecule has 0 amide bonds. The molecule has 16 heavy (non-hydrogen) atoms. The van der Waals surface area contributed by atoms with Gasteiger partial charge in [0, 0.05) is 39.3 Å². The number of fused-ring (bicyclic) bond motifs is 1. The number of anilines is 2. The largest absolute Gasteiger partial charge is 0.354 e. The van der Waals surface area contributed by atoms with Crippen LogP contribution >= 0.6 is 0 Å². The molecule has 2 aliphatic heterocycles. The van der Waals surface area contributed by atoms with E-state index < -0.39 is 0 Å². The van der Waals surface area contributed by atoms with Gasteiger partial charge in [0.05, 0.1) is 0 Å². The summed E-state index contributed by atoms with van der Waals surface area (Å²) < 4.78 is 1.99. The molecule has 1 fully saturated rings. The molecule has 1 unspecified atom stereocenters. The van der Waals surface area contributed by atoms with E-state index in [1.807, 2.05) is 4.68 Å². The zero-order valence-electron chi connectivity index (χ0n) is 9.61. The number of hydrogen-bond donors (Lipinski definition) is 2. The van der Waals surface area contributed by atoms with Crippen molar-refractivity contribution in [3.05, 3.63) is 0 Å². The van der Waals surface area contributed by atoms with Gasteiger partial charge in [0.25, 0.3) is 0 Å². The lowest BCUT2D eigenvalue weighted by Gasteiger charge is -2.25. The Balaban J connectivity index is 1.80. The van der Waals surface area contributed by atoms with Crippen molar-refractivity contribution >= 4 is 11.9 Å². The van der Waals surface area contributed by atoms with E-state index in [0.717, 1.165) is 51.2 Å². The van der Waals surface area contributed by atoms with Crippen molar-refractivity contribution in [2.45, 2.75) is 13.5 Å². The third-order valence-corrected chi connectivity index (χ3v) is 3.15. The molecule has 1 aromatic heterocycles. The minimum atomic E-state index is 0.630. The first-order valence-electron chi connectivity index (χ1n) is 5.97. The van der Waals surface area contributed by atoms with E-state index in [-0.39, 0.29) is 0 Å². The first-order chi connectivity index (χ1) is 7.83. The predicted molar refractivity (Wildman–Crippen MR) is 62.8 cm³/mol. The molecule has 6 heteroatoms. The van der Waals surface area contributed by atoms with Crippen molar-refractivity contribution in [3.8, 4) is 0 Å². The lowest BCUT2D eigenvalue weighted by atomic mass is 10.1. The van der Waals surface area contributed by atoms with Gasteiger partial charge >= 0.3 is 0 Å². The Hall–Kier alpha value is -1.30. The average molecular weight is 222 g/mol. The molecule has 6 nitrogen and oxygen atoms in total. The molecule has 0 saturated carbocycles. The van der Waals surface area contributed by atoms with E-state index in [0.29, 0.717) is 5.92 Å². The summed E-state index contributed by atoms with van der Waals surface area (Å²) in [6.45, 7) is 8.24. The summed E-state index contributed by atoms with van der Waals surface area (Å²) >= 11 is 0. The summed E-state index contributed by atoms with van der Waals surface area (Å²) in [6, 6.07) is 0. The van der Waals surface area contributed by atoms with Crippen LogP contribution in [0.3, 0.4) is 0 Å². The Kier molecular flexibility index (Phi) is 2.43. The smallest absolute Gasteiger partial charge is 0.246 e. The Labute approximate surface area is 95.0 Å². The maximum Gasteiger partial charge on any atom is 0.246 e. The van der Waals surface area contributed by atoms with Gasteiger partial charge in [0.1, 0.15) is 0 Å². The van der Waals surface area contributed by atoms with Crippen LogP contribution in [-0.4, -0.2) is 47.5 Å². The molecule has 0 aromatic carbocycles. The second-order valence-electron chi connectivity index (χ2n) is 4.64. The van der Waals surface area contributed by atoms with Crippen molar-refractivity contribution in [3.63, 3.8) is 0 Å². The summed E-state index contributed by atoms with van der Waals surface area (Å²) in [6.07, 6.45) is 0. The molecule has 0 spiro atoms. The fourth-order valence-corrected chi connectivity index (χ4v) is 2.21. The normalized spacial score (nSPS) is 25.1. The highest BCUT2D eigenvalue weighted by molar-refractivity contribution is 5.39. The zero-order chi connectivity index (χ0) is 11.0. The van der Waals surface area contributed by atoms with Gasteiger partial charge in [-0.3, -0.25) is 0 Å². The van der Waals surface area contributed by atoms with E-state index in [2.05, 4.69) is 32.5 Å². The van der Waals surface area contributed by atoms with E-state index in [1.165, 1.54) is 0 Å². The van der Waals surface area contributed by atoms with Crippen molar-refractivity contribution in [1.82, 2.24) is 20.1 Å². The number of nitrogens with zero attached hydrogens (tertiary/aromatic N) is 4. The molecule has 0 radical (unpaired) electrons. The van der Waals surface area contributed by atoms with E-state index >= 15 is 0 Å². The Morgan fingerprint density at radius 3 is 2.94 bits per heavy atom. The van der Waals surface area contributed by atoms with Crippen molar-refractivity contribution < 1.29 is 0 Å². The Morgan fingerprint density at radius 2 is 2.12 bits per heavy atom. The van der Waals surface area contributed by atoms with Crippen LogP contribution in [0.1, 0.15) is 6.92 Å². The molecule has 88 valence electrons. The average Bonchev–Trinajstić information content (AvgIpc) is 2.73. The number of piperazine rings is 1. The monoisotopic (exact) mass is 222 g/mol. The fourth-order valence-electron chi connectivity index (χ4n) is 2.21. The second kappa shape index (κ2) is 3.93.